The van der Waals surface area contributed by atoms with Gasteiger partial charge in [-0.15, -0.1) is 0 Å². The third-order valence-corrected chi connectivity index (χ3v) is 4.98. The summed E-state index contributed by atoms with van der Waals surface area (Å²) in [5.41, 5.74) is 1.12. The van der Waals surface area contributed by atoms with Crippen molar-refractivity contribution in [3.63, 3.8) is 0 Å². The van der Waals surface area contributed by atoms with E-state index in [0.717, 1.165) is 31.4 Å². The van der Waals surface area contributed by atoms with Crippen LogP contribution in [0, 0.1) is 0 Å². The molecule has 0 aliphatic carbocycles. The summed E-state index contributed by atoms with van der Waals surface area (Å²) in [6.07, 6.45) is 3.63. The Balaban J connectivity index is 1.44. The van der Waals surface area contributed by atoms with E-state index in [4.69, 9.17) is 9.47 Å². The van der Waals surface area contributed by atoms with Crippen LogP contribution in [-0.2, 0) is 25.7 Å². The summed E-state index contributed by atoms with van der Waals surface area (Å²) in [4.78, 5) is 25.9. The zero-order valence-electron chi connectivity index (χ0n) is 15.2. The lowest BCUT2D eigenvalue weighted by molar-refractivity contribution is -0.134. The van der Waals surface area contributed by atoms with E-state index in [1.54, 1.807) is 4.90 Å². The maximum absolute atomic E-state index is 12.3. The van der Waals surface area contributed by atoms with Gasteiger partial charge in [0.1, 0.15) is 0 Å². The highest BCUT2D eigenvalue weighted by Gasteiger charge is 2.28. The van der Waals surface area contributed by atoms with E-state index in [1.165, 1.54) is 0 Å². The van der Waals surface area contributed by atoms with Gasteiger partial charge >= 0.3 is 0 Å². The highest BCUT2D eigenvalue weighted by Crippen LogP contribution is 2.15. The van der Waals surface area contributed by atoms with E-state index in [9.17, 15) is 9.59 Å². The Labute approximate surface area is 154 Å². The monoisotopic (exact) mass is 360 g/mol. The number of ether oxygens (including phenoxy) is 2. The summed E-state index contributed by atoms with van der Waals surface area (Å²) in [6, 6.07) is 9.88. The largest absolute Gasteiger partial charge is 0.379 e. The summed E-state index contributed by atoms with van der Waals surface area (Å²) in [5, 5.41) is 3.03. The Morgan fingerprint density at radius 1 is 1.27 bits per heavy atom. The molecule has 2 aliphatic rings. The number of nitrogens with one attached hydrogen (secondary N) is 1. The predicted octanol–water partition coefficient (Wildman–Crippen LogP) is 1.88. The van der Waals surface area contributed by atoms with Gasteiger partial charge < -0.3 is 19.7 Å². The highest BCUT2D eigenvalue weighted by atomic mass is 16.5. The number of piperidine rings is 1. The summed E-state index contributed by atoms with van der Waals surface area (Å²) >= 11 is 0. The molecule has 0 spiro atoms. The molecule has 6 nitrogen and oxygen atoms in total. The molecule has 3 rings (SSSR count). The first-order valence-corrected chi connectivity index (χ1v) is 9.53. The second kappa shape index (κ2) is 9.69. The molecular formula is C20H28N2O4. The molecule has 2 heterocycles. The lowest BCUT2D eigenvalue weighted by Crippen LogP contribution is -2.51. The third kappa shape index (κ3) is 5.54. The van der Waals surface area contributed by atoms with Crippen molar-refractivity contribution in [1.82, 2.24) is 10.2 Å². The molecule has 2 aliphatic heterocycles. The molecule has 0 radical (unpaired) electrons. The molecule has 1 aromatic rings. The summed E-state index contributed by atoms with van der Waals surface area (Å²) < 4.78 is 11.6. The van der Waals surface area contributed by atoms with Crippen LogP contribution < -0.4 is 5.32 Å². The van der Waals surface area contributed by atoms with E-state index >= 15 is 0 Å². The van der Waals surface area contributed by atoms with Gasteiger partial charge in [0.05, 0.1) is 25.4 Å². The van der Waals surface area contributed by atoms with Crippen molar-refractivity contribution in [2.24, 2.45) is 0 Å². The summed E-state index contributed by atoms with van der Waals surface area (Å²) in [5.74, 6) is 0.112. The minimum Gasteiger partial charge on any atom is -0.379 e. The number of nitrogens with zero attached hydrogens (tertiary/aromatic N) is 1. The van der Waals surface area contributed by atoms with E-state index in [0.29, 0.717) is 39.2 Å². The molecule has 1 N–H and O–H groups in total. The molecule has 0 bridgehead atoms. The number of rotatable bonds is 7. The third-order valence-electron chi connectivity index (χ3n) is 4.98. The Morgan fingerprint density at radius 2 is 2.12 bits per heavy atom. The van der Waals surface area contributed by atoms with Gasteiger partial charge in [-0.05, 0) is 24.8 Å². The molecule has 0 unspecified atom stereocenters. The van der Waals surface area contributed by atoms with Gasteiger partial charge in [0.15, 0.2) is 0 Å². The average Bonchev–Trinajstić information content (AvgIpc) is 2.67. The van der Waals surface area contributed by atoms with Crippen molar-refractivity contribution in [2.75, 3.05) is 26.3 Å². The molecule has 2 fully saturated rings. The first-order valence-electron chi connectivity index (χ1n) is 9.53. The van der Waals surface area contributed by atoms with E-state index in [-0.39, 0.29) is 24.0 Å². The predicted molar refractivity (Wildman–Crippen MR) is 97.4 cm³/mol. The van der Waals surface area contributed by atoms with E-state index in [1.807, 2.05) is 30.3 Å². The minimum absolute atomic E-state index is 0.0489. The Hall–Kier alpha value is -1.92. The maximum atomic E-state index is 12.3. The van der Waals surface area contributed by atoms with Gasteiger partial charge in [-0.2, -0.15) is 0 Å². The van der Waals surface area contributed by atoms with Crippen LogP contribution in [0.5, 0.6) is 0 Å². The first-order chi connectivity index (χ1) is 12.7. The lowest BCUT2D eigenvalue weighted by atomic mass is 10.1. The van der Waals surface area contributed by atoms with Crippen molar-refractivity contribution in [3.05, 3.63) is 35.9 Å². The molecule has 142 valence electrons. The van der Waals surface area contributed by atoms with Crippen LogP contribution in [-0.4, -0.2) is 55.2 Å². The van der Waals surface area contributed by atoms with Crippen LogP contribution in [0.4, 0.5) is 0 Å². The van der Waals surface area contributed by atoms with Gasteiger partial charge in [-0.3, -0.25) is 9.59 Å². The average molecular weight is 360 g/mol. The minimum atomic E-state index is -0.142. The molecule has 1 aromatic carbocycles. The normalized spacial score (nSPS) is 23.7. The fraction of sp³-hybridized carbons (Fsp3) is 0.600. The van der Waals surface area contributed by atoms with Crippen molar-refractivity contribution in [3.8, 4) is 0 Å². The maximum Gasteiger partial charge on any atom is 0.222 e. The van der Waals surface area contributed by atoms with Crippen LogP contribution in [0.3, 0.4) is 0 Å². The van der Waals surface area contributed by atoms with E-state index in [2.05, 4.69) is 5.32 Å². The van der Waals surface area contributed by atoms with Crippen molar-refractivity contribution < 1.29 is 19.1 Å². The second-order valence-corrected chi connectivity index (χ2v) is 6.96. The SMILES string of the molecule is O=C(CCN1CCCCC1=O)N[C@@H]1COCC[C@@H]1OCc1ccccc1. The topological polar surface area (TPSA) is 67.9 Å². The van der Waals surface area contributed by atoms with E-state index < -0.39 is 0 Å². The number of carbonyl (C=O) groups is 2. The fourth-order valence-corrected chi connectivity index (χ4v) is 3.44. The van der Waals surface area contributed by atoms with Crippen LogP contribution >= 0.6 is 0 Å². The van der Waals surface area contributed by atoms with Crippen molar-refractivity contribution in [1.29, 1.82) is 0 Å². The van der Waals surface area contributed by atoms with Gasteiger partial charge in [-0.1, -0.05) is 30.3 Å². The van der Waals surface area contributed by atoms with Crippen molar-refractivity contribution >= 4 is 11.8 Å². The Bertz CT molecular complexity index is 593. The zero-order valence-corrected chi connectivity index (χ0v) is 15.2. The molecule has 2 atom stereocenters. The Morgan fingerprint density at radius 3 is 2.92 bits per heavy atom. The Kier molecular flexibility index (Phi) is 7.03. The standard InChI is InChI=1S/C20H28N2O4/c23-19(9-12-22-11-5-4-8-20(22)24)21-17-15-25-13-10-18(17)26-14-16-6-2-1-3-7-16/h1-3,6-7,17-18H,4-5,8-15H2,(H,21,23)/t17-,18+/m1/s1. The second-order valence-electron chi connectivity index (χ2n) is 6.96. The number of likely N-dealkylation sites (tertiary alicyclic amines) is 1. The van der Waals surface area contributed by atoms with Crippen LogP contribution in [0.1, 0.15) is 37.7 Å². The molecular weight excluding hydrogens is 332 g/mol. The molecule has 2 amide bonds. The van der Waals surface area contributed by atoms with Crippen LogP contribution in [0.15, 0.2) is 30.3 Å². The fourth-order valence-electron chi connectivity index (χ4n) is 3.44. The molecule has 6 heteroatoms. The van der Waals surface area contributed by atoms with Gasteiger partial charge in [0.2, 0.25) is 11.8 Å². The summed E-state index contributed by atoms with van der Waals surface area (Å²) in [6.45, 7) is 2.90. The molecule has 26 heavy (non-hydrogen) atoms. The van der Waals surface area contributed by atoms with Crippen molar-refractivity contribution in [2.45, 2.75) is 50.9 Å². The van der Waals surface area contributed by atoms with Crippen LogP contribution in [0.2, 0.25) is 0 Å². The van der Waals surface area contributed by atoms with Gasteiger partial charge in [0, 0.05) is 32.5 Å². The molecule has 0 aromatic heterocycles. The number of hydrogen-bond acceptors (Lipinski definition) is 4. The lowest BCUT2D eigenvalue weighted by Gasteiger charge is -2.32. The highest BCUT2D eigenvalue weighted by molar-refractivity contribution is 5.79. The molecule has 2 saturated heterocycles. The van der Waals surface area contributed by atoms with Crippen LogP contribution in [0.25, 0.3) is 0 Å². The number of benzene rings is 1. The number of carbonyl (C=O) groups excluding carboxylic acids is 2. The molecule has 0 saturated carbocycles. The first kappa shape index (κ1) is 18.9. The van der Waals surface area contributed by atoms with Gasteiger partial charge in [0.25, 0.3) is 0 Å². The number of amides is 2. The quantitative estimate of drug-likeness (QED) is 0.806. The number of hydrogen-bond donors (Lipinski definition) is 1. The van der Waals surface area contributed by atoms with Gasteiger partial charge in [-0.25, -0.2) is 0 Å². The smallest absolute Gasteiger partial charge is 0.222 e. The summed E-state index contributed by atoms with van der Waals surface area (Å²) in [7, 11) is 0. The zero-order chi connectivity index (χ0) is 18.2.